The van der Waals surface area contributed by atoms with Gasteiger partial charge in [0.2, 0.25) is 0 Å². The number of benzene rings is 2. The predicted octanol–water partition coefficient (Wildman–Crippen LogP) is 3.46. The number of hydrogen-bond donors (Lipinski definition) is 0. The molecule has 0 aromatic heterocycles. The maximum Gasteiger partial charge on any atom is 0.267 e. The lowest BCUT2D eigenvalue weighted by molar-refractivity contribution is 0.548. The van der Waals surface area contributed by atoms with Crippen molar-refractivity contribution in [1.29, 1.82) is 0 Å². The Balaban J connectivity index is 2.61. The molecule has 8 heteroatoms. The van der Waals surface area contributed by atoms with Crippen LogP contribution in [0.5, 0.6) is 0 Å². The van der Waals surface area contributed by atoms with E-state index in [1.54, 1.807) is 0 Å². The van der Waals surface area contributed by atoms with E-state index in [1.807, 2.05) is 0 Å². The summed E-state index contributed by atoms with van der Waals surface area (Å²) in [7, 11) is -4.54. The number of nitrogens with zero attached hydrogens (tertiary/aromatic N) is 1. The van der Waals surface area contributed by atoms with E-state index in [4.69, 9.17) is 0 Å². The second-order valence-corrected chi connectivity index (χ2v) is 6.17. The Hall–Kier alpha value is -2.09. The molecule has 0 amide bonds. The van der Waals surface area contributed by atoms with Crippen LogP contribution in [0, 0.1) is 23.3 Å². The van der Waals surface area contributed by atoms with Crippen LogP contribution in [0.25, 0.3) is 0 Å². The fourth-order valence-corrected chi connectivity index (χ4v) is 3.51. The van der Waals surface area contributed by atoms with Crippen molar-refractivity contribution in [3.8, 4) is 0 Å². The van der Waals surface area contributed by atoms with Crippen LogP contribution < -0.4 is 4.31 Å². The van der Waals surface area contributed by atoms with E-state index in [2.05, 4.69) is 0 Å². The van der Waals surface area contributed by atoms with Crippen molar-refractivity contribution in [1.82, 2.24) is 0 Å². The van der Waals surface area contributed by atoms with Crippen molar-refractivity contribution < 1.29 is 26.0 Å². The summed E-state index contributed by atoms with van der Waals surface area (Å²) in [6.07, 6.45) is 0. The van der Waals surface area contributed by atoms with Crippen LogP contribution in [-0.4, -0.2) is 15.0 Å². The van der Waals surface area contributed by atoms with Crippen molar-refractivity contribution in [2.75, 3.05) is 10.8 Å². The standard InChI is InChI=1S/C14H11F4NO2S/c1-2-19(13-6-4-9(15)7-12(13)18)22(20,21)14-8-10(16)3-5-11(14)17/h3-8H,2H2,1H3. The SMILES string of the molecule is CCN(c1ccc(F)cc1F)S(=O)(=O)c1cc(F)ccc1F. The van der Waals surface area contributed by atoms with E-state index in [-0.39, 0.29) is 6.54 Å². The summed E-state index contributed by atoms with van der Waals surface area (Å²) in [5.41, 5.74) is -0.451. The number of hydrogen-bond acceptors (Lipinski definition) is 2. The highest BCUT2D eigenvalue weighted by Crippen LogP contribution is 2.28. The minimum atomic E-state index is -4.54. The molecule has 0 aliphatic rings. The van der Waals surface area contributed by atoms with Gasteiger partial charge in [-0.05, 0) is 37.3 Å². The highest BCUT2D eigenvalue weighted by atomic mass is 32.2. The molecule has 0 unspecified atom stereocenters. The Bertz CT molecular complexity index is 808. The lowest BCUT2D eigenvalue weighted by Crippen LogP contribution is -2.32. The highest BCUT2D eigenvalue weighted by molar-refractivity contribution is 7.92. The molecule has 2 aromatic carbocycles. The van der Waals surface area contributed by atoms with Crippen LogP contribution >= 0.6 is 0 Å². The summed E-state index contributed by atoms with van der Waals surface area (Å²) in [5, 5.41) is 0. The zero-order valence-corrected chi connectivity index (χ0v) is 12.2. The number of rotatable bonds is 4. The van der Waals surface area contributed by atoms with Gasteiger partial charge in [0.05, 0.1) is 5.69 Å². The average molecular weight is 333 g/mol. The monoisotopic (exact) mass is 333 g/mol. The number of halogens is 4. The van der Waals surface area contributed by atoms with Crippen molar-refractivity contribution in [2.24, 2.45) is 0 Å². The average Bonchev–Trinajstić information content (AvgIpc) is 2.44. The lowest BCUT2D eigenvalue weighted by atomic mass is 10.3. The second kappa shape index (κ2) is 5.96. The molecule has 0 fully saturated rings. The molecule has 0 spiro atoms. The van der Waals surface area contributed by atoms with Crippen LogP contribution in [0.3, 0.4) is 0 Å². The summed E-state index contributed by atoms with van der Waals surface area (Å²) >= 11 is 0. The van der Waals surface area contributed by atoms with Gasteiger partial charge >= 0.3 is 0 Å². The molecule has 0 saturated carbocycles. The third-order valence-electron chi connectivity index (χ3n) is 2.93. The van der Waals surface area contributed by atoms with Crippen molar-refractivity contribution in [2.45, 2.75) is 11.8 Å². The normalized spacial score (nSPS) is 11.5. The molecule has 0 atom stereocenters. The molecule has 0 aliphatic carbocycles. The van der Waals surface area contributed by atoms with Gasteiger partial charge in [0.15, 0.2) is 0 Å². The van der Waals surface area contributed by atoms with Gasteiger partial charge in [0, 0.05) is 12.6 Å². The van der Waals surface area contributed by atoms with E-state index in [0.29, 0.717) is 22.5 Å². The van der Waals surface area contributed by atoms with E-state index in [9.17, 15) is 26.0 Å². The molecular formula is C14H11F4NO2S. The van der Waals surface area contributed by atoms with Crippen LogP contribution in [-0.2, 0) is 10.0 Å². The number of sulfonamides is 1. The zero-order chi connectivity index (χ0) is 16.5. The molecule has 0 N–H and O–H groups in total. The summed E-state index contributed by atoms with van der Waals surface area (Å²) in [4.78, 5) is -0.918. The molecule has 0 saturated heterocycles. The van der Waals surface area contributed by atoms with E-state index in [1.165, 1.54) is 6.92 Å². The Morgan fingerprint density at radius 3 is 2.09 bits per heavy atom. The topological polar surface area (TPSA) is 37.4 Å². The maximum absolute atomic E-state index is 13.8. The first-order valence-corrected chi connectivity index (χ1v) is 7.64. The summed E-state index contributed by atoms with van der Waals surface area (Å²) < 4.78 is 79.1. The quantitative estimate of drug-likeness (QED) is 0.804. The molecular weight excluding hydrogens is 322 g/mol. The first kappa shape index (κ1) is 16.3. The Morgan fingerprint density at radius 1 is 0.909 bits per heavy atom. The largest absolute Gasteiger partial charge is 0.267 e. The molecule has 118 valence electrons. The molecule has 0 bridgehead atoms. The fraction of sp³-hybridized carbons (Fsp3) is 0.143. The van der Waals surface area contributed by atoms with Crippen molar-refractivity contribution in [3.05, 3.63) is 59.7 Å². The minimum Gasteiger partial charge on any atom is -0.264 e. The van der Waals surface area contributed by atoms with Crippen molar-refractivity contribution in [3.63, 3.8) is 0 Å². The van der Waals surface area contributed by atoms with E-state index < -0.39 is 43.9 Å². The van der Waals surface area contributed by atoms with Crippen LogP contribution in [0.15, 0.2) is 41.3 Å². The molecule has 3 nitrogen and oxygen atoms in total. The van der Waals surface area contributed by atoms with Crippen LogP contribution in [0.2, 0.25) is 0 Å². The highest BCUT2D eigenvalue weighted by Gasteiger charge is 2.29. The smallest absolute Gasteiger partial charge is 0.264 e. The van der Waals surface area contributed by atoms with Gasteiger partial charge in [-0.3, -0.25) is 4.31 Å². The molecule has 0 aliphatic heterocycles. The van der Waals surface area contributed by atoms with Gasteiger partial charge in [0.25, 0.3) is 10.0 Å². The van der Waals surface area contributed by atoms with Crippen molar-refractivity contribution >= 4 is 15.7 Å². The van der Waals surface area contributed by atoms with Gasteiger partial charge in [-0.2, -0.15) is 0 Å². The molecule has 2 aromatic rings. The second-order valence-electron chi connectivity index (χ2n) is 4.34. The van der Waals surface area contributed by atoms with Gasteiger partial charge in [-0.1, -0.05) is 0 Å². The van der Waals surface area contributed by atoms with Gasteiger partial charge < -0.3 is 0 Å². The molecule has 0 radical (unpaired) electrons. The fourth-order valence-electron chi connectivity index (χ4n) is 1.95. The van der Waals surface area contributed by atoms with E-state index >= 15 is 0 Å². The predicted molar refractivity (Wildman–Crippen MR) is 72.9 cm³/mol. The third kappa shape index (κ3) is 2.92. The molecule has 0 heterocycles. The van der Waals surface area contributed by atoms with Gasteiger partial charge in [-0.25, -0.2) is 26.0 Å². The first-order valence-electron chi connectivity index (χ1n) is 6.20. The summed E-state index contributed by atoms with van der Waals surface area (Å²) in [6.45, 7) is 1.14. The van der Waals surface area contributed by atoms with E-state index in [0.717, 1.165) is 18.2 Å². The summed E-state index contributed by atoms with van der Waals surface area (Å²) in [6, 6.07) is 4.24. The zero-order valence-electron chi connectivity index (χ0n) is 11.4. The number of anilines is 1. The Kier molecular flexibility index (Phi) is 4.41. The molecule has 22 heavy (non-hydrogen) atoms. The minimum absolute atomic E-state index is 0.249. The van der Waals surface area contributed by atoms with Gasteiger partial charge in [-0.15, -0.1) is 0 Å². The van der Waals surface area contributed by atoms with Gasteiger partial charge in [0.1, 0.15) is 28.2 Å². The Labute approximate surface area is 124 Å². The maximum atomic E-state index is 13.8. The van der Waals surface area contributed by atoms with Crippen LogP contribution in [0.1, 0.15) is 6.92 Å². The third-order valence-corrected chi connectivity index (χ3v) is 4.83. The lowest BCUT2D eigenvalue weighted by Gasteiger charge is -2.23. The molecule has 2 rings (SSSR count). The Morgan fingerprint density at radius 2 is 1.50 bits per heavy atom. The summed E-state index contributed by atoms with van der Waals surface area (Å²) in [5.74, 6) is -4.12. The van der Waals surface area contributed by atoms with Crippen LogP contribution in [0.4, 0.5) is 23.2 Å². The first-order chi connectivity index (χ1) is 10.3.